The molecular formula is C29H26Cl2F6N4O3. The van der Waals surface area contributed by atoms with Crippen molar-refractivity contribution in [1.29, 1.82) is 0 Å². The maximum Gasteiger partial charge on any atom is 0.406 e. The number of piperidine rings is 1. The fraction of sp³-hybridized carbons (Fsp3) is 0.379. The van der Waals surface area contributed by atoms with Gasteiger partial charge in [-0.3, -0.25) is 18.7 Å². The molecule has 3 N–H and O–H groups in total. The van der Waals surface area contributed by atoms with E-state index in [1.807, 2.05) is 0 Å². The largest absolute Gasteiger partial charge is 0.507 e. The normalized spacial score (nSPS) is 20.0. The molecule has 2 aliphatic rings. The first-order chi connectivity index (χ1) is 20.6. The second-order valence-electron chi connectivity index (χ2n) is 10.9. The van der Waals surface area contributed by atoms with Crippen LogP contribution in [0.3, 0.4) is 0 Å². The van der Waals surface area contributed by atoms with Crippen molar-refractivity contribution in [3.05, 3.63) is 79.3 Å². The van der Waals surface area contributed by atoms with E-state index in [2.05, 4.69) is 10.6 Å². The molecular weight excluding hydrogens is 637 g/mol. The highest BCUT2D eigenvalue weighted by molar-refractivity contribution is 6.31. The Kier molecular flexibility index (Phi) is 8.85. The Bertz CT molecular complexity index is 1810. The van der Waals surface area contributed by atoms with E-state index >= 15 is 0 Å². The zero-order valence-electron chi connectivity index (χ0n) is 22.8. The van der Waals surface area contributed by atoms with E-state index in [0.29, 0.717) is 32.7 Å². The highest BCUT2D eigenvalue weighted by Crippen LogP contribution is 2.32. The molecule has 2 aromatic heterocycles. The van der Waals surface area contributed by atoms with Crippen molar-refractivity contribution >= 4 is 50.7 Å². The van der Waals surface area contributed by atoms with Gasteiger partial charge < -0.3 is 15.7 Å². The standard InChI is InChI=1S/C18H19ClF3N3O.C11H7ClF3NO2/c19-10-1-4-16-14(5-10)15(8-17(26)25(16)9-18(20,21)22)24-13-6-11-2-3-12(7-13)23-11;12-6-1-2-8-7(3-6)9(17)4-10(18)16(8)5-11(13,14)15/h1,4-5,8,11-13,23-24H,2-3,6-7,9H2;1-4,17H,5H2. The van der Waals surface area contributed by atoms with Gasteiger partial charge in [0.05, 0.1) is 11.0 Å². The number of hydrogen-bond acceptors (Lipinski definition) is 5. The fourth-order valence-electron chi connectivity index (χ4n) is 5.90. The van der Waals surface area contributed by atoms with Crippen LogP contribution in [-0.2, 0) is 13.1 Å². The number of benzene rings is 2. The third kappa shape index (κ3) is 7.44. The van der Waals surface area contributed by atoms with Gasteiger partial charge in [-0.15, -0.1) is 0 Å². The van der Waals surface area contributed by atoms with E-state index in [4.69, 9.17) is 23.2 Å². The van der Waals surface area contributed by atoms with Crippen LogP contribution in [0, 0.1) is 0 Å². The predicted octanol–water partition coefficient (Wildman–Crippen LogP) is 6.83. The summed E-state index contributed by atoms with van der Waals surface area (Å²) in [5.41, 5.74) is -0.811. The van der Waals surface area contributed by atoms with Crippen LogP contribution in [0.2, 0.25) is 10.0 Å². The molecule has 2 unspecified atom stereocenters. The molecule has 2 aliphatic heterocycles. The summed E-state index contributed by atoms with van der Waals surface area (Å²) in [7, 11) is 0. The van der Waals surface area contributed by atoms with Crippen molar-refractivity contribution in [2.45, 2.75) is 69.3 Å². The number of pyridine rings is 2. The molecule has 44 heavy (non-hydrogen) atoms. The summed E-state index contributed by atoms with van der Waals surface area (Å²) in [5, 5.41) is 17.8. The first-order valence-electron chi connectivity index (χ1n) is 13.6. The monoisotopic (exact) mass is 662 g/mol. The Labute approximate surface area is 256 Å². The van der Waals surface area contributed by atoms with Crippen LogP contribution in [0.4, 0.5) is 32.0 Å². The summed E-state index contributed by atoms with van der Waals surface area (Å²) in [5.74, 6) is -0.393. The Morgan fingerprint density at radius 1 is 0.773 bits per heavy atom. The number of nitrogens with zero attached hydrogens (tertiary/aromatic N) is 2. The van der Waals surface area contributed by atoms with Crippen LogP contribution >= 0.6 is 23.2 Å². The van der Waals surface area contributed by atoms with Crippen LogP contribution in [-0.4, -0.2) is 44.7 Å². The molecule has 7 nitrogen and oxygen atoms in total. The average molecular weight is 663 g/mol. The van der Waals surface area contributed by atoms with E-state index in [-0.39, 0.29) is 27.5 Å². The third-order valence-electron chi connectivity index (χ3n) is 7.63. The first kappa shape index (κ1) is 32.0. The van der Waals surface area contributed by atoms with Gasteiger partial charge in [-0.25, -0.2) is 0 Å². The van der Waals surface area contributed by atoms with Gasteiger partial charge in [0.2, 0.25) is 0 Å². The summed E-state index contributed by atoms with van der Waals surface area (Å²) in [4.78, 5) is 23.9. The number of hydrogen-bond donors (Lipinski definition) is 3. The molecule has 2 atom stereocenters. The molecule has 0 aliphatic carbocycles. The molecule has 0 spiro atoms. The fourth-order valence-corrected chi connectivity index (χ4v) is 6.24. The smallest absolute Gasteiger partial charge is 0.406 e. The number of aromatic nitrogens is 2. The minimum atomic E-state index is -4.52. The highest BCUT2D eigenvalue weighted by atomic mass is 35.5. The lowest BCUT2D eigenvalue weighted by Crippen LogP contribution is -2.43. The minimum absolute atomic E-state index is 0.0123. The second kappa shape index (κ2) is 12.2. The lowest BCUT2D eigenvalue weighted by atomic mass is 9.99. The van der Waals surface area contributed by atoms with Gasteiger partial charge in [-0.1, -0.05) is 23.2 Å². The molecule has 4 heterocycles. The summed E-state index contributed by atoms with van der Waals surface area (Å²) in [6.07, 6.45) is -4.84. The predicted molar refractivity (Wildman–Crippen MR) is 157 cm³/mol. The van der Waals surface area contributed by atoms with Crippen LogP contribution in [0.5, 0.6) is 5.75 Å². The second-order valence-corrected chi connectivity index (χ2v) is 11.8. The Balaban J connectivity index is 0.000000187. The maximum absolute atomic E-state index is 12.9. The maximum atomic E-state index is 12.9. The molecule has 15 heteroatoms. The molecule has 2 saturated heterocycles. The van der Waals surface area contributed by atoms with Gasteiger partial charge in [0.15, 0.2) is 0 Å². The highest BCUT2D eigenvalue weighted by Gasteiger charge is 2.34. The lowest BCUT2D eigenvalue weighted by molar-refractivity contribution is -0.141. The van der Waals surface area contributed by atoms with Crippen LogP contribution in [0.25, 0.3) is 21.8 Å². The zero-order valence-corrected chi connectivity index (χ0v) is 24.3. The number of alkyl halides is 6. The number of halogens is 8. The average Bonchev–Trinajstić information content (AvgIpc) is 3.25. The van der Waals surface area contributed by atoms with Crippen molar-refractivity contribution in [2.24, 2.45) is 0 Å². The summed E-state index contributed by atoms with van der Waals surface area (Å²) in [6, 6.07) is 11.6. The van der Waals surface area contributed by atoms with Gasteiger partial charge in [-0.05, 0) is 62.1 Å². The number of rotatable bonds is 4. The number of fused-ring (bicyclic) bond motifs is 4. The topological polar surface area (TPSA) is 88.3 Å². The van der Waals surface area contributed by atoms with Gasteiger partial charge in [-0.2, -0.15) is 26.3 Å². The van der Waals surface area contributed by atoms with E-state index < -0.39 is 42.3 Å². The number of nitrogens with one attached hydrogen (secondary N) is 2. The van der Waals surface area contributed by atoms with Crippen molar-refractivity contribution < 1.29 is 31.4 Å². The van der Waals surface area contributed by atoms with Crippen LogP contribution in [0.1, 0.15) is 25.7 Å². The van der Waals surface area contributed by atoms with Gasteiger partial charge >= 0.3 is 12.4 Å². The summed E-state index contributed by atoms with van der Waals surface area (Å²) in [6.45, 7) is -2.73. The summed E-state index contributed by atoms with van der Waals surface area (Å²) < 4.78 is 77.1. The van der Waals surface area contributed by atoms with Gasteiger partial charge in [0.1, 0.15) is 18.8 Å². The zero-order chi connectivity index (χ0) is 32.0. The molecule has 0 radical (unpaired) electrons. The summed E-state index contributed by atoms with van der Waals surface area (Å²) >= 11 is 11.8. The van der Waals surface area contributed by atoms with Gasteiger partial charge in [0, 0.05) is 56.8 Å². The van der Waals surface area contributed by atoms with Gasteiger partial charge in [0.25, 0.3) is 11.1 Å². The van der Waals surface area contributed by atoms with Crippen molar-refractivity contribution in [3.63, 3.8) is 0 Å². The molecule has 2 fully saturated rings. The molecule has 0 amide bonds. The third-order valence-corrected chi connectivity index (χ3v) is 8.10. The molecule has 4 aromatic rings. The van der Waals surface area contributed by atoms with Crippen LogP contribution < -0.4 is 21.8 Å². The minimum Gasteiger partial charge on any atom is -0.507 e. The van der Waals surface area contributed by atoms with Crippen molar-refractivity contribution in [1.82, 2.24) is 14.5 Å². The molecule has 236 valence electrons. The number of aromatic hydroxyl groups is 1. The van der Waals surface area contributed by atoms with E-state index in [1.54, 1.807) is 6.07 Å². The van der Waals surface area contributed by atoms with Crippen LogP contribution in [0.15, 0.2) is 58.1 Å². The first-order valence-corrected chi connectivity index (χ1v) is 14.3. The SMILES string of the molecule is O=c1cc(NC2CC3CCC(C2)N3)c2cc(Cl)ccc2n1CC(F)(F)F.O=c1cc(O)c2cc(Cl)ccc2n1CC(F)(F)F. The Morgan fingerprint density at radius 3 is 1.77 bits per heavy atom. The quantitative estimate of drug-likeness (QED) is 0.209. The van der Waals surface area contributed by atoms with E-state index in [0.717, 1.165) is 36.3 Å². The Morgan fingerprint density at radius 2 is 1.25 bits per heavy atom. The molecule has 2 aromatic carbocycles. The number of anilines is 1. The molecule has 0 saturated carbocycles. The van der Waals surface area contributed by atoms with E-state index in [9.17, 15) is 41.0 Å². The molecule has 6 rings (SSSR count). The lowest BCUT2D eigenvalue weighted by Gasteiger charge is -2.31. The van der Waals surface area contributed by atoms with Crippen molar-refractivity contribution in [2.75, 3.05) is 5.32 Å². The molecule has 2 bridgehead atoms. The van der Waals surface area contributed by atoms with Crippen molar-refractivity contribution in [3.8, 4) is 5.75 Å². The van der Waals surface area contributed by atoms with E-state index in [1.165, 1.54) is 36.4 Å². The Hall–Kier alpha value is -3.42.